The minimum absolute atomic E-state index is 0.00217. The molecule has 0 heterocycles. The second-order valence-corrected chi connectivity index (χ2v) is 4.18. The number of hydrogen-bond acceptors (Lipinski definition) is 6. The first-order valence-corrected chi connectivity index (χ1v) is 5.94. The molecular weight excluding hydrogens is 248 g/mol. The summed E-state index contributed by atoms with van der Waals surface area (Å²) in [4.78, 5) is 22.5. The van der Waals surface area contributed by atoms with E-state index < -0.39 is 11.9 Å². The van der Waals surface area contributed by atoms with Crippen LogP contribution in [0.15, 0.2) is 18.2 Å². The molecule has 0 radical (unpaired) electrons. The van der Waals surface area contributed by atoms with E-state index in [0.717, 1.165) is 0 Å². The zero-order chi connectivity index (χ0) is 14.4. The Balaban J connectivity index is 3.14. The van der Waals surface area contributed by atoms with E-state index in [1.54, 1.807) is 18.2 Å². The highest BCUT2D eigenvalue weighted by molar-refractivity contribution is 5.77. The summed E-state index contributed by atoms with van der Waals surface area (Å²) < 4.78 is 10.3. The minimum atomic E-state index is -0.552. The molecule has 19 heavy (non-hydrogen) atoms. The van der Waals surface area contributed by atoms with Crippen LogP contribution in [0.5, 0.6) is 11.5 Å². The van der Waals surface area contributed by atoms with Gasteiger partial charge in [-0.05, 0) is 18.1 Å². The van der Waals surface area contributed by atoms with Crippen molar-refractivity contribution in [2.75, 3.05) is 13.1 Å². The van der Waals surface area contributed by atoms with Crippen LogP contribution < -0.4 is 20.9 Å². The minimum Gasteiger partial charge on any atom is -0.425 e. The first-order valence-electron chi connectivity index (χ1n) is 5.94. The van der Waals surface area contributed by atoms with Crippen molar-refractivity contribution in [3.05, 3.63) is 23.8 Å². The standard InChI is InChI=1S/C13H18N2O4/c1-8(2)13-9(18-11(16)6-14)4-3-5-10(13)19-12(17)7-15/h3-5,8H,6-7,14-15H2,1-2H3. The Morgan fingerprint density at radius 1 is 1.05 bits per heavy atom. The molecule has 0 atom stereocenters. The molecule has 0 aliphatic carbocycles. The number of nitrogens with two attached hydrogens (primary N) is 2. The highest BCUT2D eigenvalue weighted by atomic mass is 16.5. The van der Waals surface area contributed by atoms with Gasteiger partial charge in [-0.1, -0.05) is 19.9 Å². The summed E-state index contributed by atoms with van der Waals surface area (Å²) in [7, 11) is 0. The van der Waals surface area contributed by atoms with Gasteiger partial charge in [-0.25, -0.2) is 0 Å². The van der Waals surface area contributed by atoms with Gasteiger partial charge < -0.3 is 20.9 Å². The molecule has 0 saturated carbocycles. The van der Waals surface area contributed by atoms with Crippen LogP contribution in [0.3, 0.4) is 0 Å². The largest absolute Gasteiger partial charge is 0.425 e. The fourth-order valence-corrected chi connectivity index (χ4v) is 1.60. The molecule has 1 aromatic carbocycles. The second-order valence-electron chi connectivity index (χ2n) is 4.18. The molecule has 6 heteroatoms. The van der Waals surface area contributed by atoms with Gasteiger partial charge in [0.2, 0.25) is 0 Å². The first-order chi connectivity index (χ1) is 8.99. The van der Waals surface area contributed by atoms with E-state index >= 15 is 0 Å². The van der Waals surface area contributed by atoms with Crippen molar-refractivity contribution in [3.8, 4) is 11.5 Å². The molecule has 1 aromatic rings. The number of esters is 2. The quantitative estimate of drug-likeness (QED) is 0.595. The van der Waals surface area contributed by atoms with Gasteiger partial charge in [0.15, 0.2) is 0 Å². The van der Waals surface area contributed by atoms with Gasteiger partial charge in [0, 0.05) is 5.56 Å². The van der Waals surface area contributed by atoms with Crippen LogP contribution in [-0.4, -0.2) is 25.0 Å². The van der Waals surface area contributed by atoms with Gasteiger partial charge in [0.05, 0.1) is 13.1 Å². The van der Waals surface area contributed by atoms with Crippen LogP contribution in [0, 0.1) is 0 Å². The van der Waals surface area contributed by atoms with E-state index in [2.05, 4.69) is 0 Å². The van der Waals surface area contributed by atoms with Gasteiger partial charge in [-0.15, -0.1) is 0 Å². The fraction of sp³-hybridized carbons (Fsp3) is 0.385. The summed E-state index contributed by atoms with van der Waals surface area (Å²) in [5.41, 5.74) is 11.1. The van der Waals surface area contributed by atoms with E-state index in [9.17, 15) is 9.59 Å². The number of benzene rings is 1. The van der Waals surface area contributed by atoms with Crippen molar-refractivity contribution >= 4 is 11.9 Å². The summed E-state index contributed by atoms with van der Waals surface area (Å²) in [6, 6.07) is 4.88. The van der Waals surface area contributed by atoms with Gasteiger partial charge >= 0.3 is 11.9 Å². The van der Waals surface area contributed by atoms with Crippen molar-refractivity contribution in [1.29, 1.82) is 0 Å². The van der Waals surface area contributed by atoms with E-state index in [4.69, 9.17) is 20.9 Å². The smallest absolute Gasteiger partial charge is 0.325 e. The number of hydrogen-bond donors (Lipinski definition) is 2. The second kappa shape index (κ2) is 6.86. The van der Waals surface area contributed by atoms with Crippen LogP contribution in [0.25, 0.3) is 0 Å². The molecule has 0 fully saturated rings. The molecule has 0 aliphatic heterocycles. The van der Waals surface area contributed by atoms with Gasteiger partial charge in [0.1, 0.15) is 11.5 Å². The monoisotopic (exact) mass is 266 g/mol. The summed E-state index contributed by atoms with van der Waals surface area (Å²) in [6.07, 6.45) is 0. The Morgan fingerprint density at radius 3 is 1.79 bits per heavy atom. The first kappa shape index (κ1) is 15.1. The van der Waals surface area contributed by atoms with Crippen molar-refractivity contribution < 1.29 is 19.1 Å². The lowest BCUT2D eigenvalue weighted by atomic mass is 10.0. The van der Waals surface area contributed by atoms with Crippen LogP contribution in [0.4, 0.5) is 0 Å². The van der Waals surface area contributed by atoms with E-state index in [1.165, 1.54) is 0 Å². The fourth-order valence-electron chi connectivity index (χ4n) is 1.60. The Morgan fingerprint density at radius 2 is 1.47 bits per heavy atom. The SMILES string of the molecule is CC(C)c1c(OC(=O)CN)cccc1OC(=O)CN. The van der Waals surface area contributed by atoms with Crippen molar-refractivity contribution in [2.45, 2.75) is 19.8 Å². The molecule has 1 rings (SSSR count). The predicted molar refractivity (Wildman–Crippen MR) is 69.9 cm³/mol. The van der Waals surface area contributed by atoms with Crippen molar-refractivity contribution in [1.82, 2.24) is 0 Å². The third-order valence-electron chi connectivity index (χ3n) is 2.38. The summed E-state index contributed by atoms with van der Waals surface area (Å²) in [6.45, 7) is 3.36. The molecule has 104 valence electrons. The zero-order valence-corrected chi connectivity index (χ0v) is 11.0. The molecule has 0 amide bonds. The maximum Gasteiger partial charge on any atom is 0.325 e. The molecule has 0 bridgehead atoms. The maximum absolute atomic E-state index is 11.3. The van der Waals surface area contributed by atoms with Crippen LogP contribution in [-0.2, 0) is 9.59 Å². The highest BCUT2D eigenvalue weighted by Crippen LogP contribution is 2.35. The zero-order valence-electron chi connectivity index (χ0n) is 11.0. The Hall–Kier alpha value is -1.92. The summed E-state index contributed by atoms with van der Waals surface area (Å²) in [5, 5.41) is 0. The van der Waals surface area contributed by atoms with E-state index in [-0.39, 0.29) is 19.0 Å². The molecule has 0 unspecified atom stereocenters. The predicted octanol–water partition coefficient (Wildman–Crippen LogP) is 0.538. The normalized spacial score (nSPS) is 10.4. The van der Waals surface area contributed by atoms with Crippen molar-refractivity contribution in [3.63, 3.8) is 0 Å². The summed E-state index contributed by atoms with van der Waals surface area (Å²) >= 11 is 0. The number of carbonyl (C=O) groups is 2. The molecule has 0 aliphatic rings. The molecule has 6 nitrogen and oxygen atoms in total. The Bertz CT molecular complexity index is 435. The lowest BCUT2D eigenvalue weighted by Gasteiger charge is -2.16. The van der Waals surface area contributed by atoms with Crippen LogP contribution >= 0.6 is 0 Å². The Labute approximate surface area is 111 Å². The number of ether oxygens (including phenoxy) is 2. The molecule has 4 N–H and O–H groups in total. The van der Waals surface area contributed by atoms with Gasteiger partial charge in [-0.2, -0.15) is 0 Å². The third-order valence-corrected chi connectivity index (χ3v) is 2.38. The number of carbonyl (C=O) groups excluding carboxylic acids is 2. The Kier molecular flexibility index (Phi) is 5.47. The van der Waals surface area contributed by atoms with E-state index in [0.29, 0.717) is 17.1 Å². The third kappa shape index (κ3) is 4.04. The summed E-state index contributed by atoms with van der Waals surface area (Å²) in [5.74, 6) is -0.420. The average Bonchev–Trinajstić information content (AvgIpc) is 2.38. The number of rotatable bonds is 5. The molecule has 0 aromatic heterocycles. The van der Waals surface area contributed by atoms with Crippen molar-refractivity contribution in [2.24, 2.45) is 11.5 Å². The van der Waals surface area contributed by atoms with Crippen LogP contribution in [0.1, 0.15) is 25.3 Å². The molecule has 0 saturated heterocycles. The average molecular weight is 266 g/mol. The van der Waals surface area contributed by atoms with E-state index in [1.807, 2.05) is 13.8 Å². The van der Waals surface area contributed by atoms with Gasteiger partial charge in [-0.3, -0.25) is 9.59 Å². The molecular formula is C13H18N2O4. The lowest BCUT2D eigenvalue weighted by molar-refractivity contribution is -0.133. The topological polar surface area (TPSA) is 105 Å². The van der Waals surface area contributed by atoms with Crippen LogP contribution in [0.2, 0.25) is 0 Å². The highest BCUT2D eigenvalue weighted by Gasteiger charge is 2.18. The lowest BCUT2D eigenvalue weighted by Crippen LogP contribution is -2.22. The maximum atomic E-state index is 11.3. The van der Waals surface area contributed by atoms with Gasteiger partial charge in [0.25, 0.3) is 0 Å². The molecule has 0 spiro atoms.